The molecule has 0 saturated heterocycles. The minimum absolute atomic E-state index is 0.741. The van der Waals surface area contributed by atoms with Crippen molar-refractivity contribution in [2.75, 3.05) is 24.6 Å². The van der Waals surface area contributed by atoms with Gasteiger partial charge in [-0.3, -0.25) is 9.98 Å². The van der Waals surface area contributed by atoms with E-state index in [0.717, 1.165) is 47.8 Å². The van der Waals surface area contributed by atoms with E-state index >= 15 is 0 Å². The number of nitrogens with two attached hydrogens (primary N) is 2. The molecule has 6 heteroatoms. The molecule has 0 saturated carbocycles. The van der Waals surface area contributed by atoms with E-state index in [0.29, 0.717) is 0 Å². The zero-order chi connectivity index (χ0) is 15.8. The molecule has 4 nitrogen and oxygen atoms in total. The van der Waals surface area contributed by atoms with E-state index in [9.17, 15) is 0 Å². The van der Waals surface area contributed by atoms with Gasteiger partial charge in [0.1, 0.15) is 0 Å². The summed E-state index contributed by atoms with van der Waals surface area (Å²) in [6.45, 7) is 6.06. The SMILES string of the molecule is CCCCN=C(N)SCCCCCSC(N)=NCCCC. The molecule has 0 aliphatic carbocycles. The summed E-state index contributed by atoms with van der Waals surface area (Å²) < 4.78 is 0. The van der Waals surface area contributed by atoms with Crippen molar-refractivity contribution in [2.24, 2.45) is 21.5 Å². The molecule has 0 radical (unpaired) electrons. The summed E-state index contributed by atoms with van der Waals surface area (Å²) >= 11 is 3.35. The van der Waals surface area contributed by atoms with Gasteiger partial charge in [-0.15, -0.1) is 0 Å². The fraction of sp³-hybridized carbons (Fsp3) is 0.867. The number of hydrogen-bond donors (Lipinski definition) is 2. The van der Waals surface area contributed by atoms with Crippen molar-refractivity contribution in [3.8, 4) is 0 Å². The van der Waals surface area contributed by atoms with Crippen LogP contribution in [-0.4, -0.2) is 34.9 Å². The Morgan fingerprint density at radius 1 is 0.714 bits per heavy atom. The maximum Gasteiger partial charge on any atom is 0.153 e. The lowest BCUT2D eigenvalue weighted by Gasteiger charge is -2.03. The van der Waals surface area contributed by atoms with Gasteiger partial charge in [-0.05, 0) is 25.7 Å². The summed E-state index contributed by atoms with van der Waals surface area (Å²) in [6.07, 6.45) is 8.17. The highest BCUT2D eigenvalue weighted by atomic mass is 32.2. The number of unbranched alkanes of at least 4 members (excludes halogenated alkanes) is 4. The van der Waals surface area contributed by atoms with Crippen molar-refractivity contribution in [1.82, 2.24) is 0 Å². The van der Waals surface area contributed by atoms with Gasteiger partial charge in [0, 0.05) is 24.6 Å². The van der Waals surface area contributed by atoms with E-state index in [-0.39, 0.29) is 0 Å². The van der Waals surface area contributed by atoms with Gasteiger partial charge in [-0.2, -0.15) is 0 Å². The van der Waals surface area contributed by atoms with Gasteiger partial charge in [0.15, 0.2) is 10.3 Å². The molecule has 124 valence electrons. The van der Waals surface area contributed by atoms with Crippen molar-refractivity contribution in [2.45, 2.75) is 58.8 Å². The minimum atomic E-state index is 0.741. The maximum absolute atomic E-state index is 5.83. The summed E-state index contributed by atoms with van der Waals surface area (Å²) in [5, 5.41) is 1.48. The molecule has 0 heterocycles. The van der Waals surface area contributed by atoms with Crippen LogP contribution >= 0.6 is 23.5 Å². The standard InChI is InChI=1S/C15H32N4S2/c1-3-5-10-18-14(16)20-12-8-7-9-13-21-15(17)19-11-6-4-2/h3-13H2,1-2H3,(H2,16,18)(H2,17,19). The Bertz CT molecular complexity index is 265. The molecule has 0 unspecified atom stereocenters. The van der Waals surface area contributed by atoms with Crippen LogP contribution in [0.5, 0.6) is 0 Å². The Hall–Kier alpha value is -0.360. The molecule has 0 rings (SSSR count). The van der Waals surface area contributed by atoms with E-state index in [2.05, 4.69) is 23.8 Å². The van der Waals surface area contributed by atoms with E-state index < -0.39 is 0 Å². The molecule has 0 amide bonds. The highest BCUT2D eigenvalue weighted by molar-refractivity contribution is 8.14. The minimum Gasteiger partial charge on any atom is -0.379 e. The topological polar surface area (TPSA) is 76.8 Å². The largest absolute Gasteiger partial charge is 0.379 e. The second kappa shape index (κ2) is 16.0. The zero-order valence-corrected chi connectivity index (χ0v) is 15.3. The van der Waals surface area contributed by atoms with Gasteiger partial charge >= 0.3 is 0 Å². The van der Waals surface area contributed by atoms with Crippen LogP contribution in [0.15, 0.2) is 9.98 Å². The predicted molar refractivity (Wildman–Crippen MR) is 102 cm³/mol. The first-order valence-electron chi connectivity index (χ1n) is 8.06. The summed E-state index contributed by atoms with van der Waals surface area (Å²) in [5.41, 5.74) is 11.7. The van der Waals surface area contributed by atoms with Gasteiger partial charge in [-0.1, -0.05) is 56.6 Å². The smallest absolute Gasteiger partial charge is 0.153 e. The Balaban J connectivity index is 3.39. The Morgan fingerprint density at radius 2 is 1.14 bits per heavy atom. The van der Waals surface area contributed by atoms with Crippen LogP contribution in [-0.2, 0) is 0 Å². The Kier molecular flexibility index (Phi) is 15.7. The molecule has 0 fully saturated rings. The maximum atomic E-state index is 5.83. The highest BCUT2D eigenvalue weighted by Gasteiger charge is 1.97. The lowest BCUT2D eigenvalue weighted by molar-refractivity contribution is 0.786. The van der Waals surface area contributed by atoms with Crippen LogP contribution in [0, 0.1) is 0 Å². The van der Waals surface area contributed by atoms with E-state index in [1.54, 1.807) is 23.5 Å². The van der Waals surface area contributed by atoms with Gasteiger partial charge in [0.05, 0.1) is 0 Å². The molecule has 21 heavy (non-hydrogen) atoms. The van der Waals surface area contributed by atoms with Crippen molar-refractivity contribution in [1.29, 1.82) is 0 Å². The second-order valence-corrected chi connectivity index (χ2v) is 7.14. The van der Waals surface area contributed by atoms with Crippen LogP contribution in [0.3, 0.4) is 0 Å². The van der Waals surface area contributed by atoms with E-state index in [1.165, 1.54) is 32.1 Å². The van der Waals surface area contributed by atoms with E-state index in [1.807, 2.05) is 0 Å². The quantitative estimate of drug-likeness (QED) is 0.323. The Labute approximate surface area is 139 Å². The molecule has 0 bridgehead atoms. The number of rotatable bonds is 12. The lowest BCUT2D eigenvalue weighted by atomic mass is 10.3. The summed E-state index contributed by atoms with van der Waals surface area (Å²) in [5.74, 6) is 2.12. The molecular formula is C15H32N4S2. The Morgan fingerprint density at radius 3 is 1.52 bits per heavy atom. The van der Waals surface area contributed by atoms with Gasteiger partial charge in [0.2, 0.25) is 0 Å². The number of thioether (sulfide) groups is 2. The van der Waals surface area contributed by atoms with E-state index in [4.69, 9.17) is 11.5 Å². The first kappa shape index (κ1) is 20.6. The summed E-state index contributed by atoms with van der Waals surface area (Å²) in [6, 6.07) is 0. The predicted octanol–water partition coefficient (Wildman–Crippen LogP) is 3.85. The third kappa shape index (κ3) is 15.8. The van der Waals surface area contributed by atoms with Crippen LogP contribution in [0.2, 0.25) is 0 Å². The number of nitrogens with zero attached hydrogens (tertiary/aromatic N) is 2. The lowest BCUT2D eigenvalue weighted by Crippen LogP contribution is -2.09. The number of amidine groups is 2. The zero-order valence-electron chi connectivity index (χ0n) is 13.6. The molecule has 0 aromatic heterocycles. The first-order valence-corrected chi connectivity index (χ1v) is 10.0. The van der Waals surface area contributed by atoms with Gasteiger partial charge in [-0.25, -0.2) is 0 Å². The molecule has 0 aliphatic rings. The fourth-order valence-corrected chi connectivity index (χ4v) is 3.00. The monoisotopic (exact) mass is 332 g/mol. The van der Waals surface area contributed by atoms with Crippen molar-refractivity contribution in [3.05, 3.63) is 0 Å². The average molecular weight is 333 g/mol. The number of hydrogen-bond acceptors (Lipinski definition) is 4. The van der Waals surface area contributed by atoms with Crippen molar-refractivity contribution < 1.29 is 0 Å². The molecule has 4 N–H and O–H groups in total. The summed E-state index contributed by atoms with van der Waals surface area (Å²) in [7, 11) is 0. The van der Waals surface area contributed by atoms with Crippen molar-refractivity contribution in [3.63, 3.8) is 0 Å². The highest BCUT2D eigenvalue weighted by Crippen LogP contribution is 2.10. The normalized spacial score (nSPS) is 12.9. The molecule has 0 aliphatic heterocycles. The van der Waals surface area contributed by atoms with Gasteiger partial charge in [0.25, 0.3) is 0 Å². The van der Waals surface area contributed by atoms with Crippen LogP contribution in [0.25, 0.3) is 0 Å². The first-order chi connectivity index (χ1) is 10.2. The fourth-order valence-electron chi connectivity index (χ4n) is 1.52. The third-order valence-corrected chi connectivity index (χ3v) is 4.68. The van der Waals surface area contributed by atoms with Crippen LogP contribution in [0.4, 0.5) is 0 Å². The number of aliphatic imine (C=N–C) groups is 2. The molecule has 0 spiro atoms. The van der Waals surface area contributed by atoms with Gasteiger partial charge < -0.3 is 11.5 Å². The van der Waals surface area contributed by atoms with Crippen LogP contribution < -0.4 is 11.5 Å². The van der Waals surface area contributed by atoms with Crippen molar-refractivity contribution >= 4 is 33.9 Å². The third-order valence-electron chi connectivity index (χ3n) is 2.85. The molecule has 0 atom stereocenters. The average Bonchev–Trinajstić information content (AvgIpc) is 2.47. The molecule has 0 aromatic rings. The van der Waals surface area contributed by atoms with Crippen LogP contribution in [0.1, 0.15) is 58.8 Å². The second-order valence-electron chi connectivity index (χ2n) is 4.90. The summed E-state index contributed by atoms with van der Waals surface area (Å²) in [4.78, 5) is 8.66. The molecular weight excluding hydrogens is 300 g/mol. The molecule has 0 aromatic carbocycles.